The lowest BCUT2D eigenvalue weighted by molar-refractivity contribution is 0.311. The van der Waals surface area contributed by atoms with E-state index in [2.05, 4.69) is 87.5 Å². The number of benzene rings is 3. The number of hydrogen-bond donors (Lipinski definition) is 0. The van der Waals surface area contributed by atoms with Gasteiger partial charge in [0.1, 0.15) is 0 Å². The van der Waals surface area contributed by atoms with Crippen molar-refractivity contribution in [1.29, 1.82) is 0 Å². The minimum atomic E-state index is 0.771. The molecule has 0 radical (unpaired) electrons. The minimum absolute atomic E-state index is 0.771. The van der Waals surface area contributed by atoms with E-state index in [1.807, 2.05) is 0 Å². The van der Waals surface area contributed by atoms with E-state index in [0.717, 1.165) is 11.8 Å². The lowest BCUT2D eigenvalue weighted by Gasteiger charge is -2.25. The first-order valence-corrected chi connectivity index (χ1v) is 11.1. The smallest absolute Gasteiger partial charge is 0.00203 e. The van der Waals surface area contributed by atoms with Crippen LogP contribution < -0.4 is 0 Å². The third-order valence-electron chi connectivity index (χ3n) is 6.55. The van der Waals surface area contributed by atoms with Gasteiger partial charge in [0.25, 0.3) is 0 Å². The molecule has 0 heterocycles. The highest BCUT2D eigenvalue weighted by atomic mass is 14.2. The van der Waals surface area contributed by atoms with Gasteiger partial charge in [-0.15, -0.1) is 0 Å². The Hall–Kier alpha value is -2.34. The van der Waals surface area contributed by atoms with E-state index in [0.29, 0.717) is 0 Å². The number of hydrogen-bond acceptors (Lipinski definition) is 0. The Morgan fingerprint density at radius 1 is 0.643 bits per heavy atom. The maximum atomic E-state index is 2.46. The Morgan fingerprint density at radius 3 is 2.07 bits per heavy atom. The highest BCUT2D eigenvalue weighted by Crippen LogP contribution is 2.33. The summed E-state index contributed by atoms with van der Waals surface area (Å²) in [5.74, 6) is 1.56. The van der Waals surface area contributed by atoms with E-state index in [1.165, 1.54) is 69.7 Å². The second-order valence-electron chi connectivity index (χ2n) is 8.45. The van der Waals surface area contributed by atoms with Crippen molar-refractivity contribution in [1.82, 2.24) is 0 Å². The van der Waals surface area contributed by atoms with Crippen molar-refractivity contribution in [3.05, 3.63) is 93.2 Å². The number of fused-ring (bicyclic) bond motifs is 2. The van der Waals surface area contributed by atoms with Gasteiger partial charge in [0.2, 0.25) is 0 Å². The van der Waals surface area contributed by atoms with Crippen LogP contribution in [0.1, 0.15) is 52.0 Å². The molecule has 0 aliphatic heterocycles. The lowest BCUT2D eigenvalue weighted by atomic mass is 9.80. The Balaban J connectivity index is 1.79. The van der Waals surface area contributed by atoms with Crippen LogP contribution in [0.15, 0.2) is 66.7 Å². The molecule has 0 saturated heterocycles. The standard InChI is InChI=1S/C28H32/c1-4-11-20(3)21(12-5-2)19-22-13-6-7-14-23(22)25-17-10-18-27-24-15-8-9-16-26(24)28(25)27/h6-10,13-18,20-21H,4-5,11-12,19H2,1-3H3. The maximum absolute atomic E-state index is 2.46. The fraction of sp³-hybridized carbons (Fsp3) is 0.357. The Labute approximate surface area is 169 Å². The van der Waals surface area contributed by atoms with Crippen LogP contribution in [0.2, 0.25) is 0 Å². The zero-order valence-corrected chi connectivity index (χ0v) is 17.5. The quantitative estimate of drug-likeness (QED) is 0.300. The van der Waals surface area contributed by atoms with Crippen LogP contribution in [0.5, 0.6) is 0 Å². The summed E-state index contributed by atoms with van der Waals surface area (Å²) in [4.78, 5) is 0. The van der Waals surface area contributed by atoms with Crippen molar-refractivity contribution < 1.29 is 0 Å². The normalized spacial score (nSPS) is 14.0. The van der Waals surface area contributed by atoms with E-state index >= 15 is 0 Å². The third-order valence-corrected chi connectivity index (χ3v) is 6.55. The fourth-order valence-electron chi connectivity index (χ4n) is 5.06. The molecule has 144 valence electrons. The van der Waals surface area contributed by atoms with Gasteiger partial charge in [-0.05, 0) is 55.8 Å². The summed E-state index contributed by atoms with van der Waals surface area (Å²) in [5.41, 5.74) is 4.35. The third kappa shape index (κ3) is 3.41. The average Bonchev–Trinajstić information content (AvgIpc) is 2.71. The highest BCUT2D eigenvalue weighted by molar-refractivity contribution is 5.69. The molecule has 4 rings (SSSR count). The van der Waals surface area contributed by atoms with Crippen molar-refractivity contribution in [3.63, 3.8) is 0 Å². The first-order valence-electron chi connectivity index (χ1n) is 11.1. The van der Waals surface area contributed by atoms with Crippen LogP contribution in [0.25, 0.3) is 11.1 Å². The topological polar surface area (TPSA) is 0 Å². The van der Waals surface area contributed by atoms with Gasteiger partial charge in [0, 0.05) is 0 Å². The second kappa shape index (κ2) is 8.35. The molecule has 0 N–H and O–H groups in total. The molecule has 2 atom stereocenters. The first kappa shape index (κ1) is 19.0. The van der Waals surface area contributed by atoms with Gasteiger partial charge in [-0.1, -0.05) is 113 Å². The van der Waals surface area contributed by atoms with Gasteiger partial charge < -0.3 is 0 Å². The molecule has 0 fully saturated rings. The van der Waals surface area contributed by atoms with Gasteiger partial charge in [-0.3, -0.25) is 0 Å². The van der Waals surface area contributed by atoms with Crippen LogP contribution in [0.3, 0.4) is 0 Å². The summed E-state index contributed by atoms with van der Waals surface area (Å²) in [5, 5.41) is 5.66. The van der Waals surface area contributed by atoms with Gasteiger partial charge in [0.15, 0.2) is 0 Å². The van der Waals surface area contributed by atoms with Crippen LogP contribution >= 0.6 is 0 Å². The first-order chi connectivity index (χ1) is 13.7. The largest absolute Gasteiger partial charge is 0.0654 e. The number of rotatable bonds is 8. The monoisotopic (exact) mass is 368 g/mol. The van der Waals surface area contributed by atoms with Gasteiger partial charge in [-0.2, -0.15) is 0 Å². The molecule has 0 aromatic heterocycles. The minimum Gasteiger partial charge on any atom is -0.0654 e. The van der Waals surface area contributed by atoms with Gasteiger partial charge >= 0.3 is 0 Å². The van der Waals surface area contributed by atoms with E-state index in [1.54, 1.807) is 0 Å². The summed E-state index contributed by atoms with van der Waals surface area (Å²) in [6.45, 7) is 7.10. The molecule has 3 aromatic carbocycles. The molecule has 1 aliphatic rings. The van der Waals surface area contributed by atoms with Crippen LogP contribution in [-0.2, 0) is 6.42 Å². The summed E-state index contributed by atoms with van der Waals surface area (Å²) in [7, 11) is 0. The lowest BCUT2D eigenvalue weighted by Crippen LogP contribution is -2.15. The molecule has 0 saturated carbocycles. The molecule has 0 heteroatoms. The van der Waals surface area contributed by atoms with Crippen molar-refractivity contribution in [2.45, 2.75) is 52.9 Å². The second-order valence-corrected chi connectivity index (χ2v) is 8.45. The molecule has 2 unspecified atom stereocenters. The molecule has 3 aromatic rings. The van der Waals surface area contributed by atoms with E-state index in [9.17, 15) is 0 Å². The molecule has 28 heavy (non-hydrogen) atoms. The molecule has 0 bridgehead atoms. The molecule has 0 nitrogen and oxygen atoms in total. The molecular weight excluding hydrogens is 336 g/mol. The summed E-state index contributed by atoms with van der Waals surface area (Å²) in [6.07, 6.45) is 6.41. The van der Waals surface area contributed by atoms with Crippen molar-refractivity contribution in [2.24, 2.45) is 11.8 Å². The zero-order valence-electron chi connectivity index (χ0n) is 17.5. The summed E-state index contributed by atoms with van der Waals surface area (Å²) < 4.78 is 0. The maximum Gasteiger partial charge on any atom is -0.00203 e. The summed E-state index contributed by atoms with van der Waals surface area (Å²) >= 11 is 0. The Kier molecular flexibility index (Phi) is 5.67. The fourth-order valence-corrected chi connectivity index (χ4v) is 5.06. The Morgan fingerprint density at radius 2 is 1.29 bits per heavy atom. The predicted molar refractivity (Wildman–Crippen MR) is 120 cm³/mol. The van der Waals surface area contributed by atoms with E-state index in [-0.39, 0.29) is 0 Å². The summed E-state index contributed by atoms with van der Waals surface area (Å²) in [6, 6.07) is 24.8. The van der Waals surface area contributed by atoms with Gasteiger partial charge in [-0.25, -0.2) is 0 Å². The Bertz CT molecular complexity index is 1140. The van der Waals surface area contributed by atoms with Crippen LogP contribution in [0.4, 0.5) is 0 Å². The molecule has 0 spiro atoms. The van der Waals surface area contributed by atoms with Gasteiger partial charge in [0.05, 0.1) is 0 Å². The highest BCUT2D eigenvalue weighted by Gasteiger charge is 2.19. The molecule has 0 amide bonds. The van der Waals surface area contributed by atoms with E-state index < -0.39 is 0 Å². The van der Waals surface area contributed by atoms with E-state index in [4.69, 9.17) is 0 Å². The molecular formula is C28H32. The van der Waals surface area contributed by atoms with Crippen LogP contribution in [-0.4, -0.2) is 0 Å². The van der Waals surface area contributed by atoms with Crippen molar-refractivity contribution in [2.75, 3.05) is 0 Å². The van der Waals surface area contributed by atoms with Crippen LogP contribution in [0, 0.1) is 32.7 Å². The molecule has 1 aliphatic carbocycles. The van der Waals surface area contributed by atoms with Crippen molar-refractivity contribution >= 4 is 0 Å². The average molecular weight is 369 g/mol. The van der Waals surface area contributed by atoms with Crippen molar-refractivity contribution in [3.8, 4) is 11.1 Å². The SMILES string of the molecule is CCCC(C)C(CCC)Cc1ccccc1-c1cccc2c1=c1ccccc1=2. The zero-order chi connectivity index (χ0) is 19.5. The predicted octanol–water partition coefficient (Wildman–Crippen LogP) is 7.64.